The smallest absolute Gasteiger partial charge is 0.258 e. The predicted octanol–water partition coefficient (Wildman–Crippen LogP) is 5.40. The number of aromatic nitrogens is 5. The van der Waals surface area contributed by atoms with Crippen molar-refractivity contribution in [2.24, 2.45) is 0 Å². The Morgan fingerprint density at radius 3 is 2.65 bits per heavy atom. The van der Waals surface area contributed by atoms with Crippen LogP contribution in [0.1, 0.15) is 11.6 Å². The van der Waals surface area contributed by atoms with Crippen molar-refractivity contribution in [2.75, 3.05) is 7.11 Å². The highest BCUT2D eigenvalue weighted by Crippen LogP contribution is 2.28. The highest BCUT2D eigenvalue weighted by atomic mass is 32.2. The first-order chi connectivity index (χ1) is 16.7. The molecule has 0 bridgehead atoms. The summed E-state index contributed by atoms with van der Waals surface area (Å²) in [6.07, 6.45) is 0. The van der Waals surface area contributed by atoms with Crippen molar-refractivity contribution in [1.29, 1.82) is 0 Å². The van der Waals surface area contributed by atoms with Crippen LogP contribution in [0.15, 0.2) is 75.0 Å². The molecule has 0 fully saturated rings. The van der Waals surface area contributed by atoms with Gasteiger partial charge < -0.3 is 14.0 Å². The van der Waals surface area contributed by atoms with Gasteiger partial charge in [-0.2, -0.15) is 16.3 Å². The van der Waals surface area contributed by atoms with Gasteiger partial charge in [0.1, 0.15) is 23.9 Å². The Kier molecular flexibility index (Phi) is 6.54. The molecule has 0 unspecified atom stereocenters. The maximum atomic E-state index is 14.7. The molecule has 5 aromatic rings. The van der Waals surface area contributed by atoms with Crippen molar-refractivity contribution in [3.05, 3.63) is 82.8 Å². The molecule has 11 heteroatoms. The van der Waals surface area contributed by atoms with Gasteiger partial charge in [-0.15, -0.1) is 10.2 Å². The third-order valence-electron chi connectivity index (χ3n) is 4.79. The summed E-state index contributed by atoms with van der Waals surface area (Å²) < 4.78 is 32.7. The van der Waals surface area contributed by atoms with Crippen LogP contribution in [0.3, 0.4) is 0 Å². The number of thiophene rings is 1. The van der Waals surface area contributed by atoms with Gasteiger partial charge in [0, 0.05) is 5.38 Å². The molecule has 0 saturated carbocycles. The van der Waals surface area contributed by atoms with Crippen LogP contribution in [0.5, 0.6) is 11.5 Å². The molecule has 2 aromatic carbocycles. The monoisotopic (exact) mass is 495 g/mol. The maximum Gasteiger partial charge on any atom is 0.258 e. The average molecular weight is 496 g/mol. The number of hydrogen-bond acceptors (Lipinski definition) is 9. The fourth-order valence-electron chi connectivity index (χ4n) is 3.13. The first-order valence-electron chi connectivity index (χ1n) is 10.2. The Labute approximate surface area is 202 Å². The van der Waals surface area contributed by atoms with Crippen molar-refractivity contribution in [3.8, 4) is 28.6 Å². The van der Waals surface area contributed by atoms with Crippen LogP contribution < -0.4 is 9.47 Å². The van der Waals surface area contributed by atoms with E-state index in [1.165, 1.54) is 17.8 Å². The summed E-state index contributed by atoms with van der Waals surface area (Å²) in [4.78, 5) is 4.43. The van der Waals surface area contributed by atoms with Gasteiger partial charge in [0.05, 0.1) is 24.1 Å². The van der Waals surface area contributed by atoms with Gasteiger partial charge in [-0.05, 0) is 47.8 Å². The molecule has 172 valence electrons. The largest absolute Gasteiger partial charge is 0.497 e. The number of benzene rings is 2. The highest BCUT2D eigenvalue weighted by Gasteiger charge is 2.19. The second kappa shape index (κ2) is 10.1. The molecule has 0 amide bonds. The van der Waals surface area contributed by atoms with Gasteiger partial charge in [0.25, 0.3) is 5.89 Å². The van der Waals surface area contributed by atoms with Crippen molar-refractivity contribution in [2.45, 2.75) is 17.5 Å². The minimum atomic E-state index is -0.394. The summed E-state index contributed by atoms with van der Waals surface area (Å²) in [7, 11) is 1.60. The first-order valence-corrected chi connectivity index (χ1v) is 12.1. The molecule has 8 nitrogen and oxygen atoms in total. The van der Waals surface area contributed by atoms with Crippen molar-refractivity contribution >= 4 is 23.1 Å². The molecule has 3 heterocycles. The standard InChI is InChI=1S/C23H18FN5O3S2/c1-30-16-6-8-17(9-7-16)31-12-21-26-27-23(29(21)19-5-3-2-4-18(19)24)34-14-20-25-22(32-28-20)15-10-11-33-13-15/h2-11,13H,12,14H2,1H3. The Morgan fingerprint density at radius 1 is 1.06 bits per heavy atom. The van der Waals surface area contributed by atoms with Crippen molar-refractivity contribution in [3.63, 3.8) is 0 Å². The number of methoxy groups -OCH3 is 1. The second-order valence-electron chi connectivity index (χ2n) is 6.97. The van der Waals surface area contributed by atoms with Crippen molar-refractivity contribution in [1.82, 2.24) is 24.9 Å². The topological polar surface area (TPSA) is 88.1 Å². The van der Waals surface area contributed by atoms with Crippen molar-refractivity contribution < 1.29 is 18.4 Å². The number of nitrogens with zero attached hydrogens (tertiary/aromatic N) is 5. The van der Waals surface area contributed by atoms with E-state index in [4.69, 9.17) is 14.0 Å². The summed E-state index contributed by atoms with van der Waals surface area (Å²) in [6.45, 7) is 0.0960. The fourth-order valence-corrected chi connectivity index (χ4v) is 4.56. The van der Waals surface area contributed by atoms with Crippen LogP contribution in [0.2, 0.25) is 0 Å². The third kappa shape index (κ3) is 4.80. The van der Waals surface area contributed by atoms with E-state index in [-0.39, 0.29) is 6.61 Å². The third-order valence-corrected chi connectivity index (χ3v) is 6.40. The highest BCUT2D eigenvalue weighted by molar-refractivity contribution is 7.98. The summed E-state index contributed by atoms with van der Waals surface area (Å²) in [5.41, 5.74) is 1.21. The predicted molar refractivity (Wildman–Crippen MR) is 126 cm³/mol. The van der Waals surface area contributed by atoms with E-state index in [9.17, 15) is 4.39 Å². The Hall–Kier alpha value is -3.70. The fraction of sp³-hybridized carbons (Fsp3) is 0.130. The van der Waals surface area contributed by atoms with Crippen LogP contribution in [0.25, 0.3) is 17.1 Å². The molecule has 0 N–H and O–H groups in total. The molecular weight excluding hydrogens is 477 g/mol. The van der Waals surface area contributed by atoms with Gasteiger partial charge in [-0.25, -0.2) is 4.39 Å². The first kappa shape index (κ1) is 22.1. The number of rotatable bonds is 9. The lowest BCUT2D eigenvalue weighted by atomic mass is 10.3. The van der Waals surface area contributed by atoms with Gasteiger partial charge in [0.15, 0.2) is 16.8 Å². The molecule has 0 spiro atoms. The molecule has 0 aliphatic heterocycles. The van der Waals surface area contributed by atoms with Gasteiger partial charge in [0.2, 0.25) is 0 Å². The van der Waals surface area contributed by atoms with E-state index in [0.29, 0.717) is 39.9 Å². The van der Waals surface area contributed by atoms with E-state index in [1.54, 1.807) is 65.5 Å². The maximum absolute atomic E-state index is 14.7. The Morgan fingerprint density at radius 2 is 1.88 bits per heavy atom. The summed E-state index contributed by atoms with van der Waals surface area (Å²) in [5, 5.41) is 16.9. The average Bonchev–Trinajstić information content (AvgIpc) is 3.63. The number of thioether (sulfide) groups is 1. The van der Waals surface area contributed by atoms with E-state index in [0.717, 1.165) is 11.3 Å². The molecule has 0 radical (unpaired) electrons. The molecule has 3 aromatic heterocycles. The normalized spacial score (nSPS) is 11.0. The summed E-state index contributed by atoms with van der Waals surface area (Å²) in [5.74, 6) is 2.76. The lowest BCUT2D eigenvalue weighted by Gasteiger charge is -2.12. The molecule has 5 rings (SSSR count). The molecule has 0 aliphatic rings. The minimum Gasteiger partial charge on any atom is -0.497 e. The minimum absolute atomic E-state index is 0.0960. The second-order valence-corrected chi connectivity index (χ2v) is 8.69. The molecule has 0 aliphatic carbocycles. The van der Waals surface area contributed by atoms with E-state index < -0.39 is 5.82 Å². The summed E-state index contributed by atoms with van der Waals surface area (Å²) in [6, 6.07) is 15.5. The van der Waals surface area contributed by atoms with E-state index >= 15 is 0 Å². The summed E-state index contributed by atoms with van der Waals surface area (Å²) >= 11 is 2.88. The van der Waals surface area contributed by atoms with Crippen LogP contribution >= 0.6 is 23.1 Å². The van der Waals surface area contributed by atoms with Crippen LogP contribution in [-0.4, -0.2) is 32.0 Å². The molecular formula is C23H18FN5O3S2. The molecule has 0 saturated heterocycles. The number of para-hydroxylation sites is 1. The number of ether oxygens (including phenoxy) is 2. The van der Waals surface area contributed by atoms with Crippen LogP contribution in [0.4, 0.5) is 4.39 Å². The molecule has 0 atom stereocenters. The lowest BCUT2D eigenvalue weighted by Crippen LogP contribution is -2.08. The zero-order valence-corrected chi connectivity index (χ0v) is 19.6. The van der Waals surface area contributed by atoms with Gasteiger partial charge in [-0.1, -0.05) is 29.1 Å². The SMILES string of the molecule is COc1ccc(OCc2nnc(SCc3noc(-c4ccsc4)n3)n2-c2ccccc2F)cc1. The lowest BCUT2D eigenvalue weighted by molar-refractivity contribution is 0.292. The Bertz CT molecular complexity index is 1370. The van der Waals surface area contributed by atoms with Gasteiger partial charge in [-0.3, -0.25) is 4.57 Å². The van der Waals surface area contributed by atoms with E-state index in [1.807, 2.05) is 16.8 Å². The zero-order chi connectivity index (χ0) is 23.3. The Balaban J connectivity index is 1.37. The number of halogens is 1. The quantitative estimate of drug-likeness (QED) is 0.251. The van der Waals surface area contributed by atoms with Gasteiger partial charge >= 0.3 is 0 Å². The van der Waals surface area contributed by atoms with Crippen LogP contribution in [-0.2, 0) is 12.4 Å². The molecule has 34 heavy (non-hydrogen) atoms. The number of hydrogen-bond donors (Lipinski definition) is 0. The van der Waals surface area contributed by atoms with Crippen LogP contribution in [0, 0.1) is 5.82 Å². The zero-order valence-electron chi connectivity index (χ0n) is 17.9. The van der Waals surface area contributed by atoms with E-state index in [2.05, 4.69) is 20.3 Å².